The first-order valence-electron chi connectivity index (χ1n) is 13.3. The minimum Gasteiger partial charge on any atom is -0.481 e. The number of hydrogen-bond acceptors (Lipinski definition) is 4. The quantitative estimate of drug-likeness (QED) is 0.515. The zero-order chi connectivity index (χ0) is 27.4. The number of carbonyl (C=O) groups excluding carboxylic acids is 2. The molecule has 2 fully saturated rings. The van der Waals surface area contributed by atoms with Crippen molar-refractivity contribution in [2.75, 3.05) is 18.0 Å². The van der Waals surface area contributed by atoms with E-state index in [1.807, 2.05) is 23.1 Å². The molecule has 0 spiro atoms. The second-order valence-electron chi connectivity index (χ2n) is 11.4. The molecule has 2 aliphatic rings. The lowest BCUT2D eigenvalue weighted by Crippen LogP contribution is -2.43. The molecular weight excluding hydrogens is 480 g/mol. The minimum atomic E-state index is -0.965. The van der Waals surface area contributed by atoms with E-state index in [4.69, 9.17) is 5.11 Å². The summed E-state index contributed by atoms with van der Waals surface area (Å²) in [6.07, 6.45) is 3.90. The van der Waals surface area contributed by atoms with Crippen molar-refractivity contribution in [2.45, 2.75) is 65.0 Å². The maximum Gasteiger partial charge on any atom is 0.325 e. The molecule has 1 saturated heterocycles. The number of hydrogen-bond donors (Lipinski definition) is 2. The Kier molecular flexibility index (Phi) is 8.05. The predicted molar refractivity (Wildman–Crippen MR) is 145 cm³/mol. The van der Waals surface area contributed by atoms with E-state index in [2.05, 4.69) is 32.2 Å². The summed E-state index contributed by atoms with van der Waals surface area (Å²) in [6.45, 7) is 7.37. The van der Waals surface area contributed by atoms with E-state index >= 15 is 0 Å². The zero-order valence-electron chi connectivity index (χ0n) is 22.3. The van der Waals surface area contributed by atoms with Crippen LogP contribution in [0, 0.1) is 22.7 Å². The predicted octanol–water partition coefficient (Wildman–Crippen LogP) is 5.35. The first-order chi connectivity index (χ1) is 18.1. The molecule has 2 aromatic carbocycles. The van der Waals surface area contributed by atoms with Crippen molar-refractivity contribution in [1.29, 1.82) is 5.26 Å². The van der Waals surface area contributed by atoms with Crippen molar-refractivity contribution >= 4 is 23.6 Å². The third kappa shape index (κ3) is 5.99. The summed E-state index contributed by atoms with van der Waals surface area (Å²) in [4.78, 5) is 40.8. The van der Waals surface area contributed by atoms with Crippen LogP contribution in [0.3, 0.4) is 0 Å². The first kappa shape index (κ1) is 27.2. The number of nitrogens with zero attached hydrogens (tertiary/aromatic N) is 3. The molecule has 8 heteroatoms. The Morgan fingerprint density at radius 2 is 1.76 bits per heavy atom. The normalized spacial score (nSPS) is 21.7. The van der Waals surface area contributed by atoms with Crippen LogP contribution in [0.15, 0.2) is 48.5 Å². The van der Waals surface area contributed by atoms with Crippen LogP contribution in [0.1, 0.15) is 80.4 Å². The Balaban J connectivity index is 1.58. The monoisotopic (exact) mass is 516 g/mol. The Morgan fingerprint density at radius 1 is 1.08 bits per heavy atom. The number of carbonyl (C=O) groups is 3. The van der Waals surface area contributed by atoms with E-state index in [-0.39, 0.29) is 42.4 Å². The molecule has 3 amide bonds. The van der Waals surface area contributed by atoms with Crippen LogP contribution in [0.25, 0.3) is 0 Å². The number of nitriles is 1. The summed E-state index contributed by atoms with van der Waals surface area (Å²) in [7, 11) is 0. The largest absolute Gasteiger partial charge is 0.481 e. The lowest BCUT2D eigenvalue weighted by molar-refractivity contribution is -0.136. The average molecular weight is 517 g/mol. The summed E-state index contributed by atoms with van der Waals surface area (Å²) in [5.74, 6) is -0.669. The van der Waals surface area contributed by atoms with Crippen LogP contribution in [0.5, 0.6) is 0 Å². The van der Waals surface area contributed by atoms with E-state index in [1.165, 1.54) is 0 Å². The minimum absolute atomic E-state index is 0.0558. The van der Waals surface area contributed by atoms with E-state index in [1.54, 1.807) is 35.2 Å². The standard InChI is InChI=1S/C30H36N4O4/c1-30(2,3)23-11-13-24(14-12-23)34-26(19-33(29(34)38)25-6-4-5-20(17-25)18-31)21-7-9-22(10-8-21)28(37)32-16-15-27(35)36/h4-10,17,23-24,26H,11-16,19H2,1-3H3,(H,32,37)(H,35,36). The van der Waals surface area contributed by atoms with Gasteiger partial charge in [-0.15, -0.1) is 0 Å². The van der Waals surface area contributed by atoms with Crippen molar-refractivity contribution in [3.05, 3.63) is 65.2 Å². The third-order valence-electron chi connectivity index (χ3n) is 7.93. The lowest BCUT2D eigenvalue weighted by Gasteiger charge is -2.41. The summed E-state index contributed by atoms with van der Waals surface area (Å²) in [5, 5.41) is 20.8. The fraction of sp³-hybridized carbons (Fsp3) is 0.467. The van der Waals surface area contributed by atoms with Gasteiger partial charge in [-0.2, -0.15) is 5.26 Å². The highest BCUT2D eigenvalue weighted by atomic mass is 16.4. The third-order valence-corrected chi connectivity index (χ3v) is 7.93. The first-order valence-corrected chi connectivity index (χ1v) is 13.3. The van der Waals surface area contributed by atoms with Crippen LogP contribution in [-0.2, 0) is 4.79 Å². The fourth-order valence-corrected chi connectivity index (χ4v) is 5.71. The molecule has 38 heavy (non-hydrogen) atoms. The summed E-state index contributed by atoms with van der Waals surface area (Å²) in [6, 6.07) is 16.4. The van der Waals surface area contributed by atoms with E-state index in [0.29, 0.717) is 29.3 Å². The van der Waals surface area contributed by atoms with Gasteiger partial charge in [-0.25, -0.2) is 4.79 Å². The van der Waals surface area contributed by atoms with E-state index < -0.39 is 5.97 Å². The SMILES string of the molecule is CC(C)(C)C1CCC(N2C(=O)N(c3cccc(C#N)c3)CC2c2ccc(C(=O)NCCC(=O)O)cc2)CC1. The Morgan fingerprint density at radius 3 is 2.37 bits per heavy atom. The van der Waals surface area contributed by atoms with Gasteiger partial charge in [0.25, 0.3) is 5.91 Å². The number of amides is 3. The van der Waals surface area contributed by atoms with Gasteiger partial charge >= 0.3 is 12.0 Å². The van der Waals surface area contributed by atoms with Crippen LogP contribution >= 0.6 is 0 Å². The molecule has 1 atom stereocenters. The van der Waals surface area contributed by atoms with Gasteiger partial charge in [-0.1, -0.05) is 39.0 Å². The molecule has 4 rings (SSSR count). The smallest absolute Gasteiger partial charge is 0.325 e. The number of benzene rings is 2. The van der Waals surface area contributed by atoms with Gasteiger partial charge in [0.1, 0.15) is 0 Å². The maximum absolute atomic E-state index is 13.9. The van der Waals surface area contributed by atoms with Gasteiger partial charge in [0.15, 0.2) is 0 Å². The van der Waals surface area contributed by atoms with Crippen LogP contribution in [0.2, 0.25) is 0 Å². The Labute approximate surface area is 224 Å². The van der Waals surface area contributed by atoms with Crippen molar-refractivity contribution < 1.29 is 19.5 Å². The van der Waals surface area contributed by atoms with Gasteiger partial charge in [0.2, 0.25) is 0 Å². The van der Waals surface area contributed by atoms with Crippen molar-refractivity contribution in [2.24, 2.45) is 11.3 Å². The van der Waals surface area contributed by atoms with Crippen molar-refractivity contribution in [3.63, 3.8) is 0 Å². The molecule has 8 nitrogen and oxygen atoms in total. The number of carboxylic acid groups (broad SMARTS) is 1. The molecule has 2 N–H and O–H groups in total. The highest BCUT2D eigenvalue weighted by Crippen LogP contribution is 2.43. The van der Waals surface area contributed by atoms with Gasteiger partial charge in [-0.3, -0.25) is 14.5 Å². The fourth-order valence-electron chi connectivity index (χ4n) is 5.71. The van der Waals surface area contributed by atoms with Crippen LogP contribution in [-0.4, -0.2) is 47.0 Å². The molecule has 1 saturated carbocycles. The Hall–Kier alpha value is -3.86. The molecule has 0 bridgehead atoms. The van der Waals surface area contributed by atoms with Gasteiger partial charge < -0.3 is 15.3 Å². The molecule has 0 aromatic heterocycles. The highest BCUT2D eigenvalue weighted by molar-refractivity contribution is 5.96. The molecule has 2 aromatic rings. The van der Waals surface area contributed by atoms with Crippen LogP contribution in [0.4, 0.5) is 10.5 Å². The van der Waals surface area contributed by atoms with Gasteiger partial charge in [-0.05, 0) is 72.9 Å². The highest BCUT2D eigenvalue weighted by Gasteiger charge is 2.44. The van der Waals surface area contributed by atoms with Gasteiger partial charge in [0.05, 0.1) is 30.6 Å². The summed E-state index contributed by atoms with van der Waals surface area (Å²) in [5.41, 5.74) is 2.84. The van der Waals surface area contributed by atoms with Crippen LogP contribution < -0.4 is 10.2 Å². The second kappa shape index (κ2) is 11.3. The van der Waals surface area contributed by atoms with E-state index in [9.17, 15) is 19.6 Å². The number of nitrogens with one attached hydrogen (secondary N) is 1. The number of rotatable bonds is 7. The molecule has 1 unspecified atom stereocenters. The Bertz CT molecular complexity index is 1220. The number of anilines is 1. The molecule has 1 aliphatic heterocycles. The second-order valence-corrected chi connectivity index (χ2v) is 11.4. The topological polar surface area (TPSA) is 114 Å². The average Bonchev–Trinajstić information content (AvgIpc) is 3.25. The number of carboxylic acids is 1. The molecule has 1 heterocycles. The maximum atomic E-state index is 13.9. The summed E-state index contributed by atoms with van der Waals surface area (Å²) < 4.78 is 0. The van der Waals surface area contributed by atoms with Crippen molar-refractivity contribution in [3.8, 4) is 6.07 Å². The molecule has 1 aliphatic carbocycles. The van der Waals surface area contributed by atoms with Crippen molar-refractivity contribution in [1.82, 2.24) is 10.2 Å². The van der Waals surface area contributed by atoms with Gasteiger partial charge in [0, 0.05) is 23.8 Å². The lowest BCUT2D eigenvalue weighted by atomic mass is 9.71. The zero-order valence-corrected chi connectivity index (χ0v) is 22.3. The molecular formula is C30H36N4O4. The summed E-state index contributed by atoms with van der Waals surface area (Å²) >= 11 is 0. The molecule has 200 valence electrons. The van der Waals surface area contributed by atoms with E-state index in [0.717, 1.165) is 31.2 Å². The number of urea groups is 1. The number of aliphatic carboxylic acids is 1. The molecule has 0 radical (unpaired) electrons.